The van der Waals surface area contributed by atoms with E-state index in [1.807, 2.05) is 20.8 Å². The van der Waals surface area contributed by atoms with Crippen molar-refractivity contribution in [1.29, 1.82) is 0 Å². The molecule has 1 aromatic rings. The Balaban J connectivity index is 0.00000113. The number of nitrogens with one attached hydrogen (secondary N) is 2. The van der Waals surface area contributed by atoms with Crippen molar-refractivity contribution < 1.29 is 19.1 Å². The maximum atomic E-state index is 12.3. The summed E-state index contributed by atoms with van der Waals surface area (Å²) in [5.74, 6) is -0.385. The first-order valence-corrected chi connectivity index (χ1v) is 9.28. The van der Waals surface area contributed by atoms with Crippen LogP contribution in [0.15, 0.2) is 18.2 Å². The molecule has 146 valence electrons. The molecule has 2 rings (SSSR count). The Morgan fingerprint density at radius 2 is 1.85 bits per heavy atom. The third-order valence-corrected chi connectivity index (χ3v) is 3.48. The highest BCUT2D eigenvalue weighted by Crippen LogP contribution is 2.19. The van der Waals surface area contributed by atoms with Crippen molar-refractivity contribution in [2.75, 3.05) is 7.11 Å². The largest absolute Gasteiger partial charge is 0.497 e. The Morgan fingerprint density at radius 3 is 2.35 bits per heavy atom. The Labute approximate surface area is 156 Å². The predicted molar refractivity (Wildman–Crippen MR) is 103 cm³/mol. The van der Waals surface area contributed by atoms with Crippen molar-refractivity contribution in [1.82, 2.24) is 10.6 Å². The van der Waals surface area contributed by atoms with Gasteiger partial charge in [0.1, 0.15) is 11.8 Å². The number of amides is 3. The molecule has 2 N–H and O–H groups in total. The van der Waals surface area contributed by atoms with E-state index >= 15 is 0 Å². The second-order valence-corrected chi connectivity index (χ2v) is 5.56. The number of imide groups is 1. The van der Waals surface area contributed by atoms with Crippen molar-refractivity contribution in [2.24, 2.45) is 0 Å². The summed E-state index contributed by atoms with van der Waals surface area (Å²) in [4.78, 5) is 35.0. The lowest BCUT2D eigenvalue weighted by atomic mass is 10.0. The van der Waals surface area contributed by atoms with Crippen LogP contribution in [0.4, 0.5) is 0 Å². The first-order chi connectivity index (χ1) is 12.5. The number of benzene rings is 1. The molecule has 0 aliphatic carbocycles. The van der Waals surface area contributed by atoms with E-state index in [0.717, 1.165) is 5.56 Å². The molecule has 1 aliphatic heterocycles. The summed E-state index contributed by atoms with van der Waals surface area (Å²) in [6.45, 7) is 10.2. The number of carbonyl (C=O) groups is 3. The van der Waals surface area contributed by atoms with Crippen LogP contribution in [-0.4, -0.2) is 30.9 Å². The van der Waals surface area contributed by atoms with Gasteiger partial charge in [-0.05, 0) is 36.6 Å². The van der Waals surface area contributed by atoms with Crippen LogP contribution < -0.4 is 15.4 Å². The second kappa shape index (κ2) is 12.9. The molecular formula is C20H32N2O4. The van der Waals surface area contributed by atoms with Gasteiger partial charge in [0.05, 0.1) is 7.11 Å². The minimum Gasteiger partial charge on any atom is -0.497 e. The van der Waals surface area contributed by atoms with Gasteiger partial charge in [0, 0.05) is 12.0 Å². The van der Waals surface area contributed by atoms with Crippen LogP contribution in [0, 0.1) is 0 Å². The van der Waals surface area contributed by atoms with Gasteiger partial charge in [0.15, 0.2) is 0 Å². The lowest BCUT2D eigenvalue weighted by Crippen LogP contribution is -2.52. The Kier molecular flexibility index (Phi) is 11.7. The van der Waals surface area contributed by atoms with Gasteiger partial charge in [-0.25, -0.2) is 0 Å². The Bertz CT molecular complexity index is 599. The first kappa shape index (κ1) is 23.6. The fourth-order valence-electron chi connectivity index (χ4n) is 2.28. The molecule has 1 atom stereocenters. The molecule has 0 bridgehead atoms. The molecule has 0 aromatic heterocycles. The molecule has 1 aromatic carbocycles. The zero-order valence-electron chi connectivity index (χ0n) is 16.8. The standard InChI is InChI=1S/C15H18N2O4.C3H8.C2H6/c1-3-9-8-10(21-2)4-5-11(9)14(19)16-12-6-7-13(18)17-15(12)20;1-3-2;1-2/h4-5,8,12H,3,6-7H2,1-2H3,(H,16,19)(H,17,18,20);3H2,1-2H3;1-2H3. The molecule has 1 fully saturated rings. The van der Waals surface area contributed by atoms with Gasteiger partial charge in [0.2, 0.25) is 11.8 Å². The van der Waals surface area contributed by atoms with Gasteiger partial charge in [-0.1, -0.05) is 41.0 Å². The zero-order valence-corrected chi connectivity index (χ0v) is 16.8. The first-order valence-electron chi connectivity index (χ1n) is 9.28. The molecule has 1 aliphatic rings. The number of methoxy groups -OCH3 is 1. The number of hydrogen-bond acceptors (Lipinski definition) is 4. The van der Waals surface area contributed by atoms with Gasteiger partial charge in [-0.15, -0.1) is 0 Å². The van der Waals surface area contributed by atoms with E-state index in [4.69, 9.17) is 4.74 Å². The van der Waals surface area contributed by atoms with Gasteiger partial charge < -0.3 is 10.1 Å². The number of hydrogen-bond donors (Lipinski definition) is 2. The predicted octanol–water partition coefficient (Wildman–Crippen LogP) is 3.24. The summed E-state index contributed by atoms with van der Waals surface area (Å²) >= 11 is 0. The minimum absolute atomic E-state index is 0.236. The molecule has 26 heavy (non-hydrogen) atoms. The van der Waals surface area contributed by atoms with Gasteiger partial charge in [0.25, 0.3) is 5.91 Å². The Morgan fingerprint density at radius 1 is 1.23 bits per heavy atom. The van der Waals surface area contributed by atoms with Crippen molar-refractivity contribution in [2.45, 2.75) is 66.3 Å². The number of carbonyl (C=O) groups excluding carboxylic acids is 3. The zero-order chi connectivity index (χ0) is 20.1. The van der Waals surface area contributed by atoms with Crippen LogP contribution >= 0.6 is 0 Å². The molecule has 6 nitrogen and oxygen atoms in total. The molecule has 1 unspecified atom stereocenters. The SMILES string of the molecule is CC.CCC.CCc1cc(OC)ccc1C(=O)NC1CCC(=O)NC1=O. The van der Waals surface area contributed by atoms with Crippen LogP contribution in [0.25, 0.3) is 0 Å². The highest BCUT2D eigenvalue weighted by Gasteiger charge is 2.28. The highest BCUT2D eigenvalue weighted by atomic mass is 16.5. The highest BCUT2D eigenvalue weighted by molar-refractivity contribution is 6.04. The van der Waals surface area contributed by atoms with Gasteiger partial charge in [-0.3, -0.25) is 19.7 Å². The molecule has 0 radical (unpaired) electrons. The van der Waals surface area contributed by atoms with E-state index in [0.29, 0.717) is 24.2 Å². The van der Waals surface area contributed by atoms with Crippen LogP contribution in [-0.2, 0) is 16.0 Å². The van der Waals surface area contributed by atoms with Crippen LogP contribution in [0.5, 0.6) is 5.75 Å². The monoisotopic (exact) mass is 364 g/mol. The number of aryl methyl sites for hydroxylation is 1. The quantitative estimate of drug-likeness (QED) is 0.803. The average Bonchev–Trinajstić information content (AvgIpc) is 2.65. The normalized spacial score (nSPS) is 15.5. The maximum absolute atomic E-state index is 12.3. The molecule has 0 spiro atoms. The van der Waals surface area contributed by atoms with Crippen LogP contribution in [0.3, 0.4) is 0 Å². The van der Waals surface area contributed by atoms with E-state index in [1.165, 1.54) is 6.42 Å². The summed E-state index contributed by atoms with van der Waals surface area (Å²) < 4.78 is 5.14. The lowest BCUT2D eigenvalue weighted by molar-refractivity contribution is -0.134. The van der Waals surface area contributed by atoms with Gasteiger partial charge in [-0.2, -0.15) is 0 Å². The van der Waals surface area contributed by atoms with Crippen molar-refractivity contribution in [3.63, 3.8) is 0 Å². The van der Waals surface area contributed by atoms with Crippen molar-refractivity contribution in [3.8, 4) is 5.75 Å². The summed E-state index contributed by atoms with van der Waals surface area (Å²) in [7, 11) is 1.57. The fourth-order valence-corrected chi connectivity index (χ4v) is 2.28. The van der Waals surface area contributed by atoms with Crippen molar-refractivity contribution in [3.05, 3.63) is 29.3 Å². The van der Waals surface area contributed by atoms with E-state index in [1.54, 1.807) is 25.3 Å². The number of rotatable bonds is 4. The summed E-state index contributed by atoms with van der Waals surface area (Å²) in [5.41, 5.74) is 1.36. The smallest absolute Gasteiger partial charge is 0.252 e. The molecular weight excluding hydrogens is 332 g/mol. The lowest BCUT2D eigenvalue weighted by Gasteiger charge is -2.22. The van der Waals surface area contributed by atoms with Gasteiger partial charge >= 0.3 is 0 Å². The summed E-state index contributed by atoms with van der Waals surface area (Å²) in [5, 5.41) is 4.89. The van der Waals surface area contributed by atoms with E-state index in [2.05, 4.69) is 24.5 Å². The third kappa shape index (κ3) is 7.25. The number of piperidine rings is 1. The topological polar surface area (TPSA) is 84.5 Å². The minimum atomic E-state index is -0.665. The molecule has 3 amide bonds. The van der Waals surface area contributed by atoms with E-state index in [-0.39, 0.29) is 18.2 Å². The van der Waals surface area contributed by atoms with Crippen LogP contribution in [0.1, 0.15) is 69.8 Å². The summed E-state index contributed by atoms with van der Waals surface area (Å²) in [6.07, 6.45) is 2.49. The third-order valence-electron chi connectivity index (χ3n) is 3.48. The Hall–Kier alpha value is -2.37. The maximum Gasteiger partial charge on any atom is 0.252 e. The molecule has 1 saturated heterocycles. The number of ether oxygens (including phenoxy) is 1. The van der Waals surface area contributed by atoms with Crippen molar-refractivity contribution >= 4 is 17.7 Å². The average molecular weight is 364 g/mol. The molecule has 6 heteroatoms. The molecule has 0 saturated carbocycles. The summed E-state index contributed by atoms with van der Waals surface area (Å²) in [6, 6.07) is 4.53. The van der Waals surface area contributed by atoms with E-state index in [9.17, 15) is 14.4 Å². The van der Waals surface area contributed by atoms with Crippen LogP contribution in [0.2, 0.25) is 0 Å². The molecule has 1 heterocycles. The fraction of sp³-hybridized carbons (Fsp3) is 0.550. The second-order valence-electron chi connectivity index (χ2n) is 5.56. The van der Waals surface area contributed by atoms with E-state index < -0.39 is 11.9 Å².